The number of hydrogen-bond acceptors (Lipinski definition) is 6. The summed E-state index contributed by atoms with van der Waals surface area (Å²) in [5.74, 6) is -0.693. The minimum atomic E-state index is -0.892. The first-order valence-corrected chi connectivity index (χ1v) is 11.5. The second-order valence-corrected chi connectivity index (χ2v) is 10.4. The van der Waals surface area contributed by atoms with Gasteiger partial charge in [-0.05, 0) is 60.1 Å². The second kappa shape index (κ2) is 9.25. The van der Waals surface area contributed by atoms with Gasteiger partial charge in [-0.2, -0.15) is 5.10 Å². The van der Waals surface area contributed by atoms with E-state index in [1.165, 1.54) is 11.0 Å². The highest BCUT2D eigenvalue weighted by Gasteiger charge is 2.42. The number of rotatable bonds is 2. The van der Waals surface area contributed by atoms with Crippen LogP contribution in [-0.4, -0.2) is 40.0 Å². The number of benzene rings is 1. The zero-order chi connectivity index (χ0) is 25.4. The number of carbonyl (C=O) groups excluding carboxylic acids is 3. The maximum absolute atomic E-state index is 13.5. The Balaban J connectivity index is 2.20. The molecule has 0 saturated heterocycles. The number of hydrogen-bond donors (Lipinski definition) is 0. The van der Waals surface area contributed by atoms with Crippen LogP contribution < -0.4 is 4.90 Å². The van der Waals surface area contributed by atoms with Gasteiger partial charge in [-0.3, -0.25) is 4.79 Å². The van der Waals surface area contributed by atoms with E-state index in [1.807, 2.05) is 6.92 Å². The molecule has 8 nitrogen and oxygen atoms in total. The molecular weight excluding hydrogens is 458 g/mol. The molecule has 1 aromatic carbocycles. The van der Waals surface area contributed by atoms with Crippen LogP contribution in [0.25, 0.3) is 5.03 Å². The first-order valence-electron chi connectivity index (χ1n) is 11.1. The lowest BCUT2D eigenvalue weighted by atomic mass is 9.98. The number of amides is 3. The maximum Gasteiger partial charge on any atom is 0.438 e. The lowest BCUT2D eigenvalue weighted by Crippen LogP contribution is -2.40. The molecule has 0 bridgehead atoms. The highest BCUT2D eigenvalue weighted by molar-refractivity contribution is 6.50. The third kappa shape index (κ3) is 5.33. The highest BCUT2D eigenvalue weighted by atomic mass is 35.5. The number of imide groups is 1. The van der Waals surface area contributed by atoms with Gasteiger partial charge in [-0.25, -0.2) is 14.5 Å². The molecule has 2 heterocycles. The first kappa shape index (κ1) is 25.5. The zero-order valence-electron chi connectivity index (χ0n) is 20.6. The number of fused-ring (bicyclic) bond motifs is 1. The quantitative estimate of drug-likeness (QED) is 0.463. The summed E-state index contributed by atoms with van der Waals surface area (Å²) in [4.78, 5) is 40.9. The second-order valence-electron chi connectivity index (χ2n) is 9.98. The molecule has 0 N–H and O–H groups in total. The van der Waals surface area contributed by atoms with Gasteiger partial charge in [-0.15, -0.1) is 5.01 Å². The molecule has 0 saturated carbocycles. The Hall–Kier alpha value is -3.13. The molecule has 2 aliphatic heterocycles. The lowest BCUT2D eigenvalue weighted by molar-refractivity contribution is -0.125. The van der Waals surface area contributed by atoms with Crippen molar-refractivity contribution in [2.45, 2.75) is 72.5 Å². The Morgan fingerprint density at radius 2 is 1.59 bits per heavy atom. The van der Waals surface area contributed by atoms with Crippen molar-refractivity contribution >= 4 is 46.1 Å². The maximum atomic E-state index is 13.5. The lowest BCUT2D eigenvalue weighted by Gasteiger charge is -2.32. The van der Waals surface area contributed by atoms with Crippen molar-refractivity contribution in [2.24, 2.45) is 5.10 Å². The van der Waals surface area contributed by atoms with E-state index >= 15 is 0 Å². The molecule has 0 radical (unpaired) electrons. The van der Waals surface area contributed by atoms with Crippen molar-refractivity contribution in [3.63, 3.8) is 0 Å². The van der Waals surface area contributed by atoms with Crippen molar-refractivity contribution in [2.75, 3.05) is 4.90 Å². The predicted octanol–water partition coefficient (Wildman–Crippen LogP) is 6.21. The van der Waals surface area contributed by atoms with E-state index in [0.717, 1.165) is 0 Å². The number of hydrazone groups is 1. The molecule has 3 amide bonds. The molecule has 3 rings (SSSR count). The largest absolute Gasteiger partial charge is 0.443 e. The average molecular weight is 488 g/mol. The Morgan fingerprint density at radius 3 is 2.18 bits per heavy atom. The number of carbonyl (C=O) groups is 3. The molecule has 1 aromatic rings. The Kier molecular flexibility index (Phi) is 6.94. The van der Waals surface area contributed by atoms with Crippen LogP contribution >= 0.6 is 11.6 Å². The molecule has 9 heteroatoms. The molecule has 182 valence electrons. The highest BCUT2D eigenvalue weighted by Crippen LogP contribution is 2.41. The zero-order valence-corrected chi connectivity index (χ0v) is 21.3. The van der Waals surface area contributed by atoms with Crippen LogP contribution in [0.4, 0.5) is 15.3 Å². The summed E-state index contributed by atoms with van der Waals surface area (Å²) >= 11 is 6.57. The SMILES string of the molecule is CCCC1=NN(C(=O)OC(C)(C)C)C(=O)C1=C1C=C(Cl)c2ccccc2N1C(=O)OC(C)(C)C. The van der Waals surface area contributed by atoms with Crippen LogP contribution in [0.5, 0.6) is 0 Å². The van der Waals surface area contributed by atoms with Crippen molar-refractivity contribution in [3.8, 4) is 0 Å². The van der Waals surface area contributed by atoms with Gasteiger partial charge in [0.05, 0.1) is 27.7 Å². The van der Waals surface area contributed by atoms with Crippen molar-refractivity contribution in [1.29, 1.82) is 0 Å². The fourth-order valence-electron chi connectivity index (χ4n) is 3.49. The third-order valence-electron chi connectivity index (χ3n) is 4.71. The Labute approximate surface area is 204 Å². The van der Waals surface area contributed by atoms with E-state index in [0.29, 0.717) is 39.8 Å². The van der Waals surface area contributed by atoms with Crippen LogP contribution in [0.1, 0.15) is 66.9 Å². The van der Waals surface area contributed by atoms with Gasteiger partial charge in [0.15, 0.2) is 0 Å². The van der Waals surface area contributed by atoms with E-state index in [1.54, 1.807) is 65.8 Å². The molecule has 0 aromatic heterocycles. The van der Waals surface area contributed by atoms with Crippen LogP contribution in [0, 0.1) is 0 Å². The van der Waals surface area contributed by atoms with E-state index < -0.39 is 29.3 Å². The van der Waals surface area contributed by atoms with E-state index in [-0.39, 0.29) is 11.3 Å². The van der Waals surface area contributed by atoms with Gasteiger partial charge in [-0.1, -0.05) is 43.1 Å². The monoisotopic (exact) mass is 487 g/mol. The predicted molar refractivity (Wildman–Crippen MR) is 131 cm³/mol. The number of para-hydroxylation sites is 1. The summed E-state index contributed by atoms with van der Waals surface area (Å²) in [7, 11) is 0. The number of nitrogens with zero attached hydrogens (tertiary/aromatic N) is 3. The summed E-state index contributed by atoms with van der Waals surface area (Å²) in [6.07, 6.45) is 1.02. The van der Waals surface area contributed by atoms with Gasteiger partial charge in [0.2, 0.25) is 0 Å². The minimum Gasteiger partial charge on any atom is -0.443 e. The van der Waals surface area contributed by atoms with E-state index in [4.69, 9.17) is 21.1 Å². The van der Waals surface area contributed by atoms with Gasteiger partial charge in [0.25, 0.3) is 5.91 Å². The molecule has 0 unspecified atom stereocenters. The molecule has 2 aliphatic rings. The molecule has 0 spiro atoms. The third-order valence-corrected chi connectivity index (χ3v) is 5.02. The van der Waals surface area contributed by atoms with E-state index in [2.05, 4.69) is 5.10 Å². The van der Waals surface area contributed by atoms with Crippen molar-refractivity contribution in [3.05, 3.63) is 47.2 Å². The summed E-state index contributed by atoms with van der Waals surface area (Å²) in [6.45, 7) is 12.3. The summed E-state index contributed by atoms with van der Waals surface area (Å²) in [5.41, 5.74) is 0.141. The normalized spacial score (nSPS) is 18.4. The van der Waals surface area contributed by atoms with Crippen molar-refractivity contribution in [1.82, 2.24) is 5.01 Å². The van der Waals surface area contributed by atoms with Crippen LogP contribution in [0.3, 0.4) is 0 Å². The first-order chi connectivity index (χ1) is 15.7. The molecule has 34 heavy (non-hydrogen) atoms. The molecule has 0 fully saturated rings. The van der Waals surface area contributed by atoms with Gasteiger partial charge in [0, 0.05) is 5.56 Å². The Morgan fingerprint density at radius 1 is 1.00 bits per heavy atom. The van der Waals surface area contributed by atoms with Gasteiger partial charge < -0.3 is 9.47 Å². The standard InChI is InChI=1S/C25H30ClN3O5/c1-8-11-17-20(21(30)29(27-17)23(32)34-25(5,6)7)19-14-16(26)15-12-9-10-13-18(15)28(19)22(31)33-24(2,3)4/h9-10,12-14H,8,11H2,1-7H3. The fourth-order valence-corrected chi connectivity index (χ4v) is 3.76. The Bertz CT molecular complexity index is 1120. The number of ether oxygens (including phenoxy) is 2. The summed E-state index contributed by atoms with van der Waals surface area (Å²) in [6, 6.07) is 7.06. The van der Waals surface area contributed by atoms with E-state index in [9.17, 15) is 14.4 Å². The van der Waals surface area contributed by atoms with Crippen LogP contribution in [-0.2, 0) is 14.3 Å². The topological polar surface area (TPSA) is 88.5 Å². The average Bonchev–Trinajstić information content (AvgIpc) is 3.01. The van der Waals surface area contributed by atoms with Crippen LogP contribution in [0.2, 0.25) is 0 Å². The van der Waals surface area contributed by atoms with Crippen molar-refractivity contribution < 1.29 is 23.9 Å². The number of allylic oxidation sites excluding steroid dienone is 1. The fraction of sp³-hybridized carbons (Fsp3) is 0.440. The molecular formula is C25H30ClN3O5. The molecule has 0 aliphatic carbocycles. The molecule has 0 atom stereocenters. The summed E-state index contributed by atoms with van der Waals surface area (Å²) in [5, 5.41) is 5.31. The minimum absolute atomic E-state index is 0.103. The number of halogens is 1. The summed E-state index contributed by atoms with van der Waals surface area (Å²) < 4.78 is 11.0. The van der Waals surface area contributed by atoms with Crippen LogP contribution in [0.15, 0.2) is 46.7 Å². The smallest absolute Gasteiger partial charge is 0.438 e. The van der Waals surface area contributed by atoms with Gasteiger partial charge >= 0.3 is 12.2 Å². The van der Waals surface area contributed by atoms with Gasteiger partial charge in [0.1, 0.15) is 11.2 Å². The number of anilines is 1.